The summed E-state index contributed by atoms with van der Waals surface area (Å²) < 4.78 is 26.9. The van der Waals surface area contributed by atoms with Crippen molar-refractivity contribution in [1.82, 2.24) is 0 Å². The SMILES string of the molecule is O=C1CCC(C2CCCC(F)C2F)CC1. The normalized spacial score (nSPS) is 39.3. The van der Waals surface area contributed by atoms with Crippen molar-refractivity contribution in [2.24, 2.45) is 11.8 Å². The van der Waals surface area contributed by atoms with Gasteiger partial charge in [0.1, 0.15) is 18.1 Å². The number of Topliss-reactive ketones (excluding diaryl/α,β-unsaturated/α-hetero) is 1. The van der Waals surface area contributed by atoms with Crippen LogP contribution < -0.4 is 0 Å². The molecule has 0 aromatic heterocycles. The molecule has 2 saturated carbocycles. The van der Waals surface area contributed by atoms with Crippen LogP contribution in [0.5, 0.6) is 0 Å². The summed E-state index contributed by atoms with van der Waals surface area (Å²) in [6.07, 6.45) is 2.14. The van der Waals surface area contributed by atoms with Gasteiger partial charge < -0.3 is 0 Å². The molecule has 2 aliphatic rings. The van der Waals surface area contributed by atoms with E-state index in [-0.39, 0.29) is 17.6 Å². The van der Waals surface area contributed by atoms with Gasteiger partial charge in [-0.3, -0.25) is 4.79 Å². The van der Waals surface area contributed by atoms with Crippen molar-refractivity contribution in [3.8, 4) is 0 Å². The Morgan fingerprint density at radius 3 is 2.33 bits per heavy atom. The van der Waals surface area contributed by atoms with Crippen LogP contribution in [0.2, 0.25) is 0 Å². The Hall–Kier alpha value is -0.470. The summed E-state index contributed by atoms with van der Waals surface area (Å²) in [5, 5.41) is 0. The van der Waals surface area contributed by atoms with Gasteiger partial charge in [-0.25, -0.2) is 8.78 Å². The lowest BCUT2D eigenvalue weighted by Crippen LogP contribution is -2.37. The summed E-state index contributed by atoms with van der Waals surface area (Å²) in [5.41, 5.74) is 0. The molecule has 86 valence electrons. The van der Waals surface area contributed by atoms with Crippen molar-refractivity contribution < 1.29 is 13.6 Å². The van der Waals surface area contributed by atoms with E-state index in [2.05, 4.69) is 0 Å². The highest BCUT2D eigenvalue weighted by molar-refractivity contribution is 5.79. The van der Waals surface area contributed by atoms with E-state index in [0.29, 0.717) is 19.3 Å². The number of ketones is 1. The van der Waals surface area contributed by atoms with Crippen LogP contribution in [0.3, 0.4) is 0 Å². The topological polar surface area (TPSA) is 17.1 Å². The quantitative estimate of drug-likeness (QED) is 0.657. The average molecular weight is 216 g/mol. The molecule has 0 aliphatic heterocycles. The second-order valence-electron chi connectivity index (χ2n) is 4.93. The highest BCUT2D eigenvalue weighted by atomic mass is 19.2. The highest BCUT2D eigenvalue weighted by Crippen LogP contribution is 2.39. The van der Waals surface area contributed by atoms with Gasteiger partial charge in [0.15, 0.2) is 0 Å². The molecule has 2 aliphatic carbocycles. The smallest absolute Gasteiger partial charge is 0.134 e. The minimum atomic E-state index is -1.28. The maximum absolute atomic E-state index is 13.7. The number of hydrogen-bond donors (Lipinski definition) is 0. The average Bonchev–Trinajstić information content (AvgIpc) is 2.24. The zero-order valence-electron chi connectivity index (χ0n) is 8.92. The maximum atomic E-state index is 13.7. The second-order valence-corrected chi connectivity index (χ2v) is 4.93. The predicted molar refractivity (Wildman–Crippen MR) is 54.1 cm³/mol. The first kappa shape index (κ1) is 11.0. The minimum Gasteiger partial charge on any atom is -0.300 e. The summed E-state index contributed by atoms with van der Waals surface area (Å²) in [7, 11) is 0. The summed E-state index contributed by atoms with van der Waals surface area (Å²) in [6.45, 7) is 0. The number of carbonyl (C=O) groups is 1. The standard InChI is InChI=1S/C12H18F2O/c13-11-3-1-2-10(12(11)14)8-4-6-9(15)7-5-8/h8,10-12H,1-7H2. The molecule has 0 aromatic carbocycles. The lowest BCUT2D eigenvalue weighted by molar-refractivity contribution is -0.121. The number of halogens is 2. The van der Waals surface area contributed by atoms with Crippen molar-refractivity contribution >= 4 is 5.78 Å². The van der Waals surface area contributed by atoms with Gasteiger partial charge >= 0.3 is 0 Å². The molecule has 0 heterocycles. The molecule has 0 N–H and O–H groups in total. The van der Waals surface area contributed by atoms with E-state index in [1.807, 2.05) is 0 Å². The van der Waals surface area contributed by atoms with E-state index in [1.165, 1.54) is 0 Å². The van der Waals surface area contributed by atoms with Gasteiger partial charge in [-0.1, -0.05) is 6.42 Å². The Bertz CT molecular complexity index is 232. The third kappa shape index (κ3) is 2.37. The van der Waals surface area contributed by atoms with Crippen LogP contribution in [0.4, 0.5) is 8.78 Å². The molecule has 0 amide bonds. The number of rotatable bonds is 1. The Morgan fingerprint density at radius 2 is 1.67 bits per heavy atom. The van der Waals surface area contributed by atoms with Gasteiger partial charge in [0.05, 0.1) is 0 Å². The summed E-state index contributed by atoms with van der Waals surface area (Å²) in [4.78, 5) is 11.1. The van der Waals surface area contributed by atoms with Crippen LogP contribution in [0, 0.1) is 11.8 Å². The van der Waals surface area contributed by atoms with E-state index >= 15 is 0 Å². The van der Waals surface area contributed by atoms with Crippen molar-refractivity contribution in [1.29, 1.82) is 0 Å². The molecule has 2 rings (SSSR count). The third-order valence-corrected chi connectivity index (χ3v) is 3.97. The molecular formula is C12H18F2O. The van der Waals surface area contributed by atoms with Crippen molar-refractivity contribution in [2.75, 3.05) is 0 Å². The van der Waals surface area contributed by atoms with Crippen LogP contribution >= 0.6 is 0 Å². The van der Waals surface area contributed by atoms with Gasteiger partial charge in [0.2, 0.25) is 0 Å². The van der Waals surface area contributed by atoms with Gasteiger partial charge in [0.25, 0.3) is 0 Å². The van der Waals surface area contributed by atoms with Crippen molar-refractivity contribution in [2.45, 2.75) is 57.3 Å². The van der Waals surface area contributed by atoms with E-state index in [0.717, 1.165) is 25.7 Å². The zero-order chi connectivity index (χ0) is 10.8. The fourth-order valence-electron chi connectivity index (χ4n) is 3.02. The van der Waals surface area contributed by atoms with Gasteiger partial charge in [0, 0.05) is 12.8 Å². The molecule has 0 radical (unpaired) electrons. The number of hydrogen-bond acceptors (Lipinski definition) is 1. The van der Waals surface area contributed by atoms with Crippen LogP contribution in [-0.2, 0) is 4.79 Å². The largest absolute Gasteiger partial charge is 0.300 e. The Balaban J connectivity index is 1.94. The van der Waals surface area contributed by atoms with Crippen molar-refractivity contribution in [3.63, 3.8) is 0 Å². The van der Waals surface area contributed by atoms with Crippen LogP contribution in [0.25, 0.3) is 0 Å². The Morgan fingerprint density at radius 1 is 1.00 bits per heavy atom. The van der Waals surface area contributed by atoms with Crippen LogP contribution in [0.1, 0.15) is 44.9 Å². The molecule has 2 fully saturated rings. The predicted octanol–water partition coefficient (Wildman–Crippen LogP) is 3.22. The first-order valence-electron chi connectivity index (χ1n) is 5.98. The summed E-state index contributed by atoms with van der Waals surface area (Å²) in [5.74, 6) is 0.410. The number of carbonyl (C=O) groups excluding carboxylic acids is 1. The molecule has 1 nitrogen and oxygen atoms in total. The molecule has 15 heavy (non-hydrogen) atoms. The van der Waals surface area contributed by atoms with Crippen LogP contribution in [-0.4, -0.2) is 18.1 Å². The molecule has 3 unspecified atom stereocenters. The van der Waals surface area contributed by atoms with Gasteiger partial charge in [-0.2, -0.15) is 0 Å². The zero-order valence-corrected chi connectivity index (χ0v) is 8.92. The van der Waals surface area contributed by atoms with Gasteiger partial charge in [-0.15, -0.1) is 0 Å². The molecule has 0 spiro atoms. The molecular weight excluding hydrogens is 198 g/mol. The minimum absolute atomic E-state index is 0.123. The molecule has 0 bridgehead atoms. The maximum Gasteiger partial charge on any atom is 0.134 e. The third-order valence-electron chi connectivity index (χ3n) is 3.97. The van der Waals surface area contributed by atoms with Crippen molar-refractivity contribution in [3.05, 3.63) is 0 Å². The van der Waals surface area contributed by atoms with E-state index in [1.54, 1.807) is 0 Å². The van der Waals surface area contributed by atoms with E-state index in [9.17, 15) is 13.6 Å². The van der Waals surface area contributed by atoms with Crippen LogP contribution in [0.15, 0.2) is 0 Å². The molecule has 3 heteroatoms. The van der Waals surface area contributed by atoms with E-state index in [4.69, 9.17) is 0 Å². The first-order chi connectivity index (χ1) is 7.18. The fourth-order valence-corrected chi connectivity index (χ4v) is 3.02. The van der Waals surface area contributed by atoms with E-state index < -0.39 is 12.3 Å². The highest BCUT2D eigenvalue weighted by Gasteiger charge is 2.39. The Labute approximate surface area is 89.2 Å². The lowest BCUT2D eigenvalue weighted by Gasteiger charge is -2.36. The monoisotopic (exact) mass is 216 g/mol. The summed E-state index contributed by atoms with van der Waals surface area (Å²) in [6, 6.07) is 0. The summed E-state index contributed by atoms with van der Waals surface area (Å²) >= 11 is 0. The molecule has 0 saturated heterocycles. The van der Waals surface area contributed by atoms with Gasteiger partial charge in [-0.05, 0) is 37.5 Å². The number of alkyl halides is 2. The molecule has 3 atom stereocenters. The second kappa shape index (κ2) is 4.58. The molecule has 0 aromatic rings. The Kier molecular flexibility index (Phi) is 3.37. The lowest BCUT2D eigenvalue weighted by atomic mass is 9.72. The first-order valence-corrected chi connectivity index (χ1v) is 5.98. The fraction of sp³-hybridized carbons (Fsp3) is 0.917.